The number of hydrogen-bond acceptors (Lipinski definition) is 7. The average molecular weight is 493 g/mol. The van der Waals surface area contributed by atoms with Crippen LogP contribution >= 0.6 is 0 Å². The van der Waals surface area contributed by atoms with Gasteiger partial charge < -0.3 is 14.5 Å². The van der Waals surface area contributed by atoms with Gasteiger partial charge in [-0.1, -0.05) is 32.0 Å². The first kappa shape index (κ1) is 26.1. The highest BCUT2D eigenvalue weighted by Gasteiger charge is 2.22. The molecule has 3 rings (SSSR count). The molecule has 0 aliphatic heterocycles. The quantitative estimate of drug-likeness (QED) is 0.234. The first-order valence-electron chi connectivity index (χ1n) is 11.4. The van der Waals surface area contributed by atoms with Gasteiger partial charge in [0.25, 0.3) is 17.5 Å². The summed E-state index contributed by atoms with van der Waals surface area (Å²) >= 11 is 0. The normalized spacial score (nSPS) is 11.9. The maximum atomic E-state index is 12.7. The van der Waals surface area contributed by atoms with E-state index in [0.717, 1.165) is 5.56 Å². The van der Waals surface area contributed by atoms with Crippen molar-refractivity contribution in [3.63, 3.8) is 0 Å². The van der Waals surface area contributed by atoms with E-state index in [1.165, 1.54) is 18.3 Å². The number of nitro groups is 1. The molecule has 0 unspecified atom stereocenters. The van der Waals surface area contributed by atoms with Crippen LogP contribution in [0.5, 0.6) is 5.75 Å². The van der Waals surface area contributed by atoms with Gasteiger partial charge in [-0.3, -0.25) is 19.7 Å². The molecule has 1 heterocycles. The molecule has 188 valence electrons. The van der Waals surface area contributed by atoms with E-state index in [0.29, 0.717) is 29.3 Å². The molecule has 2 amide bonds. The fraction of sp³-hybridized carbons (Fsp3) is 0.269. The highest BCUT2D eigenvalue weighted by Crippen LogP contribution is 2.24. The van der Waals surface area contributed by atoms with Crippen molar-refractivity contribution in [3.05, 3.63) is 82.1 Å². The van der Waals surface area contributed by atoms with E-state index < -0.39 is 22.8 Å². The van der Waals surface area contributed by atoms with Gasteiger partial charge in [-0.05, 0) is 55.2 Å². The topological polar surface area (TPSA) is 136 Å². The second-order valence-corrected chi connectivity index (χ2v) is 8.54. The number of rotatable bonds is 11. The number of hydrazone groups is 1. The molecule has 0 spiro atoms. The van der Waals surface area contributed by atoms with Gasteiger partial charge >= 0.3 is 0 Å². The van der Waals surface area contributed by atoms with Gasteiger partial charge in [0.2, 0.25) is 0 Å². The second kappa shape index (κ2) is 12.3. The van der Waals surface area contributed by atoms with Gasteiger partial charge in [0, 0.05) is 17.7 Å². The molecule has 0 aliphatic rings. The van der Waals surface area contributed by atoms with Crippen LogP contribution in [-0.2, 0) is 9.59 Å². The number of amides is 2. The Morgan fingerprint density at radius 1 is 1.11 bits per heavy atom. The van der Waals surface area contributed by atoms with Gasteiger partial charge in [-0.2, -0.15) is 5.10 Å². The Labute approximate surface area is 208 Å². The summed E-state index contributed by atoms with van der Waals surface area (Å²) in [5, 5.41) is 17.4. The molecule has 2 aromatic carbocycles. The predicted molar refractivity (Wildman–Crippen MR) is 135 cm³/mol. The van der Waals surface area contributed by atoms with E-state index in [1.807, 2.05) is 39.0 Å². The molecule has 0 saturated heterocycles. The summed E-state index contributed by atoms with van der Waals surface area (Å²) in [5.74, 6) is 0.745. The molecule has 0 saturated carbocycles. The van der Waals surface area contributed by atoms with Gasteiger partial charge in [-0.25, -0.2) is 5.43 Å². The van der Waals surface area contributed by atoms with Gasteiger partial charge in [-0.15, -0.1) is 0 Å². The van der Waals surface area contributed by atoms with Gasteiger partial charge in [0.15, 0.2) is 6.61 Å². The molecule has 1 aromatic heterocycles. The number of carbonyl (C=O) groups is 2. The van der Waals surface area contributed by atoms with Crippen LogP contribution in [0.3, 0.4) is 0 Å². The third kappa shape index (κ3) is 7.52. The van der Waals surface area contributed by atoms with Crippen molar-refractivity contribution in [1.29, 1.82) is 0 Å². The Hall–Kier alpha value is -4.47. The number of furan rings is 1. The Kier molecular flexibility index (Phi) is 8.93. The van der Waals surface area contributed by atoms with E-state index in [2.05, 4.69) is 15.8 Å². The first-order chi connectivity index (χ1) is 17.2. The van der Waals surface area contributed by atoms with Crippen molar-refractivity contribution < 1.29 is 23.7 Å². The zero-order valence-corrected chi connectivity index (χ0v) is 20.3. The van der Waals surface area contributed by atoms with Crippen molar-refractivity contribution in [2.24, 2.45) is 11.0 Å². The number of carbonyl (C=O) groups excluding carboxylic acids is 2. The van der Waals surface area contributed by atoms with Crippen LogP contribution in [-0.4, -0.2) is 35.6 Å². The summed E-state index contributed by atoms with van der Waals surface area (Å²) in [6.45, 7) is 5.56. The van der Waals surface area contributed by atoms with Crippen LogP contribution in [0.1, 0.15) is 31.6 Å². The Morgan fingerprint density at radius 2 is 1.83 bits per heavy atom. The molecule has 0 fully saturated rings. The largest absolute Gasteiger partial charge is 0.484 e. The molecular formula is C26H28N4O6. The number of benzene rings is 2. The third-order valence-electron chi connectivity index (χ3n) is 5.17. The number of non-ortho nitro benzene ring substituents is 1. The Morgan fingerprint density at radius 3 is 2.50 bits per heavy atom. The van der Waals surface area contributed by atoms with Crippen LogP contribution in [0.15, 0.2) is 70.2 Å². The van der Waals surface area contributed by atoms with Gasteiger partial charge in [0.05, 0.1) is 11.1 Å². The lowest BCUT2D eigenvalue weighted by Gasteiger charge is -2.19. The molecule has 3 aromatic rings. The van der Waals surface area contributed by atoms with Gasteiger partial charge in [0.1, 0.15) is 23.3 Å². The number of hydrogen-bond donors (Lipinski definition) is 2. The van der Waals surface area contributed by atoms with Crippen molar-refractivity contribution >= 4 is 23.7 Å². The molecule has 0 aliphatic carbocycles. The average Bonchev–Trinajstić information content (AvgIpc) is 3.32. The standard InChI is InChI=1S/C26H28N4O6/c1-17(2)14-22(28-25(31)16-35-23-7-5-4-6-18(23)3)26(32)29-27-15-21-12-13-24(36-21)19-8-10-20(11-9-19)30(33)34/h4-13,15,17,22H,14,16H2,1-3H3,(H,28,31)(H,29,32)/b27-15-/t22-/m1/s1. The number of aryl methyl sites for hydroxylation is 1. The molecule has 2 N–H and O–H groups in total. The summed E-state index contributed by atoms with van der Waals surface area (Å²) in [6, 6.07) is 15.9. The first-order valence-corrected chi connectivity index (χ1v) is 11.4. The summed E-state index contributed by atoms with van der Waals surface area (Å²) in [4.78, 5) is 35.4. The maximum absolute atomic E-state index is 12.7. The molecule has 10 nitrogen and oxygen atoms in total. The number of para-hydroxylation sites is 1. The van der Waals surface area contributed by atoms with E-state index in [-0.39, 0.29) is 18.2 Å². The molecule has 0 radical (unpaired) electrons. The Balaban J connectivity index is 1.56. The van der Waals surface area contributed by atoms with Crippen molar-refractivity contribution in [2.45, 2.75) is 33.2 Å². The SMILES string of the molecule is Cc1ccccc1OCC(=O)N[C@H](CC(C)C)C(=O)N/N=C\c1ccc(-c2ccc([N+](=O)[O-])cc2)o1. The number of ether oxygens (including phenoxy) is 1. The molecule has 36 heavy (non-hydrogen) atoms. The lowest BCUT2D eigenvalue weighted by molar-refractivity contribution is -0.384. The minimum atomic E-state index is -0.789. The lowest BCUT2D eigenvalue weighted by Crippen LogP contribution is -2.47. The van der Waals surface area contributed by atoms with Crippen LogP contribution in [0, 0.1) is 23.0 Å². The van der Waals surface area contributed by atoms with Crippen molar-refractivity contribution in [2.75, 3.05) is 6.61 Å². The zero-order chi connectivity index (χ0) is 26.1. The summed E-state index contributed by atoms with van der Waals surface area (Å²) in [6.07, 6.45) is 1.75. The molecular weight excluding hydrogens is 464 g/mol. The zero-order valence-electron chi connectivity index (χ0n) is 20.3. The van der Waals surface area contributed by atoms with Crippen LogP contribution in [0.2, 0.25) is 0 Å². The highest BCUT2D eigenvalue weighted by atomic mass is 16.6. The van der Waals surface area contributed by atoms with Crippen LogP contribution in [0.25, 0.3) is 11.3 Å². The second-order valence-electron chi connectivity index (χ2n) is 8.54. The van der Waals surface area contributed by atoms with E-state index in [1.54, 1.807) is 30.3 Å². The molecule has 10 heteroatoms. The van der Waals surface area contributed by atoms with Crippen LogP contribution in [0.4, 0.5) is 5.69 Å². The van der Waals surface area contributed by atoms with Crippen molar-refractivity contribution in [3.8, 4) is 17.1 Å². The number of nitrogens with zero attached hydrogens (tertiary/aromatic N) is 2. The fourth-order valence-corrected chi connectivity index (χ4v) is 3.36. The Bertz CT molecular complexity index is 1230. The molecule has 0 bridgehead atoms. The maximum Gasteiger partial charge on any atom is 0.269 e. The monoisotopic (exact) mass is 492 g/mol. The minimum Gasteiger partial charge on any atom is -0.484 e. The highest BCUT2D eigenvalue weighted by molar-refractivity contribution is 5.89. The van der Waals surface area contributed by atoms with E-state index in [9.17, 15) is 19.7 Å². The van der Waals surface area contributed by atoms with E-state index >= 15 is 0 Å². The smallest absolute Gasteiger partial charge is 0.269 e. The molecule has 1 atom stereocenters. The third-order valence-corrected chi connectivity index (χ3v) is 5.17. The summed E-state index contributed by atoms with van der Waals surface area (Å²) in [7, 11) is 0. The number of nitro benzene ring substituents is 1. The predicted octanol–water partition coefficient (Wildman–Crippen LogP) is 4.22. The summed E-state index contributed by atoms with van der Waals surface area (Å²) in [5.41, 5.74) is 3.99. The van der Waals surface area contributed by atoms with Crippen molar-refractivity contribution in [1.82, 2.24) is 10.7 Å². The fourth-order valence-electron chi connectivity index (χ4n) is 3.36. The summed E-state index contributed by atoms with van der Waals surface area (Å²) < 4.78 is 11.2. The minimum absolute atomic E-state index is 0.0143. The van der Waals surface area contributed by atoms with E-state index in [4.69, 9.17) is 9.15 Å². The number of nitrogens with one attached hydrogen (secondary N) is 2. The lowest BCUT2D eigenvalue weighted by atomic mass is 10.0. The van der Waals surface area contributed by atoms with Crippen LogP contribution < -0.4 is 15.5 Å².